The predicted molar refractivity (Wildman–Crippen MR) is 40.1 cm³/mol. The number of H-pyrrole nitrogens is 1. The second-order valence-corrected chi connectivity index (χ2v) is 2.78. The van der Waals surface area contributed by atoms with E-state index < -0.39 is 0 Å². The molecule has 3 N–H and O–H groups in total. The van der Waals surface area contributed by atoms with Gasteiger partial charge < -0.3 is 15.4 Å². The van der Waals surface area contributed by atoms with Gasteiger partial charge in [0.2, 0.25) is 0 Å². The number of aromatic amines is 1. The Morgan fingerprint density at radius 3 is 3.45 bits per heavy atom. The molecule has 1 aliphatic heterocycles. The van der Waals surface area contributed by atoms with Gasteiger partial charge in [-0.2, -0.15) is 0 Å². The fourth-order valence-corrected chi connectivity index (χ4v) is 1.44. The molecule has 0 fully saturated rings. The Morgan fingerprint density at radius 1 is 1.73 bits per heavy atom. The highest BCUT2D eigenvalue weighted by Gasteiger charge is 2.20. The van der Waals surface area contributed by atoms with Crippen LogP contribution < -0.4 is 5.32 Å². The van der Waals surface area contributed by atoms with Crippen LogP contribution in [0.25, 0.3) is 0 Å². The number of aliphatic hydroxyl groups is 1. The van der Waals surface area contributed by atoms with Gasteiger partial charge in [-0.15, -0.1) is 0 Å². The van der Waals surface area contributed by atoms with Gasteiger partial charge in [0.25, 0.3) is 0 Å². The highest BCUT2D eigenvalue weighted by atomic mass is 16.3. The van der Waals surface area contributed by atoms with Crippen LogP contribution in [0.2, 0.25) is 0 Å². The number of fused-ring (bicyclic) bond motifs is 1. The first-order valence-electron chi connectivity index (χ1n) is 3.75. The molecular formula is C7H11N3O. The van der Waals surface area contributed by atoms with Crippen LogP contribution in [-0.2, 0) is 6.54 Å². The third-order valence-electron chi connectivity index (χ3n) is 2.05. The molecule has 4 nitrogen and oxygen atoms in total. The van der Waals surface area contributed by atoms with Gasteiger partial charge in [0.05, 0.1) is 24.3 Å². The molecule has 1 unspecified atom stereocenters. The molecule has 60 valence electrons. The smallest absolute Gasteiger partial charge is 0.0925 e. The Balaban J connectivity index is 2.32. The zero-order valence-electron chi connectivity index (χ0n) is 6.17. The maximum atomic E-state index is 8.96. The van der Waals surface area contributed by atoms with Crippen molar-refractivity contribution < 1.29 is 5.11 Å². The topological polar surface area (TPSA) is 60.9 Å². The van der Waals surface area contributed by atoms with Crippen molar-refractivity contribution in [2.24, 2.45) is 0 Å². The lowest BCUT2D eigenvalue weighted by Gasteiger charge is -2.19. The quantitative estimate of drug-likeness (QED) is 0.514. The summed E-state index contributed by atoms with van der Waals surface area (Å²) in [7, 11) is 0. The number of nitrogens with zero attached hydrogens (tertiary/aromatic N) is 1. The van der Waals surface area contributed by atoms with Crippen molar-refractivity contribution in [3.63, 3.8) is 0 Å². The molecule has 0 amide bonds. The van der Waals surface area contributed by atoms with Gasteiger partial charge in [0.15, 0.2) is 0 Å². The Bertz CT molecular complexity index is 246. The molecule has 0 aliphatic carbocycles. The monoisotopic (exact) mass is 153 g/mol. The summed E-state index contributed by atoms with van der Waals surface area (Å²) in [6.07, 6.45) is 1.68. The Kier molecular flexibility index (Phi) is 1.63. The zero-order valence-corrected chi connectivity index (χ0v) is 6.17. The molecule has 1 aromatic rings. The minimum absolute atomic E-state index is 0.171. The van der Waals surface area contributed by atoms with E-state index in [-0.39, 0.29) is 12.5 Å². The number of imidazole rings is 1. The first kappa shape index (κ1) is 6.82. The molecule has 0 saturated heterocycles. The number of rotatable bonds is 1. The van der Waals surface area contributed by atoms with E-state index in [9.17, 15) is 0 Å². The van der Waals surface area contributed by atoms with Crippen molar-refractivity contribution in [1.29, 1.82) is 0 Å². The predicted octanol–water partition coefficient (Wildman–Crippen LogP) is -0.411. The molecule has 0 aromatic carbocycles. The normalized spacial score (nSPS) is 23.2. The molecule has 0 spiro atoms. The van der Waals surface area contributed by atoms with Crippen LogP contribution >= 0.6 is 0 Å². The number of hydrogen-bond acceptors (Lipinski definition) is 3. The van der Waals surface area contributed by atoms with Crippen molar-refractivity contribution in [2.45, 2.75) is 12.5 Å². The van der Waals surface area contributed by atoms with E-state index >= 15 is 0 Å². The van der Waals surface area contributed by atoms with Crippen LogP contribution in [0.5, 0.6) is 0 Å². The van der Waals surface area contributed by atoms with Crippen LogP contribution in [0.4, 0.5) is 0 Å². The van der Waals surface area contributed by atoms with Gasteiger partial charge in [0.1, 0.15) is 0 Å². The minimum Gasteiger partial charge on any atom is -0.396 e. The number of nitrogens with one attached hydrogen (secondary N) is 2. The molecule has 0 bridgehead atoms. The summed E-state index contributed by atoms with van der Waals surface area (Å²) in [5, 5.41) is 12.2. The maximum absolute atomic E-state index is 8.96. The average molecular weight is 153 g/mol. The molecule has 1 aliphatic rings. The first-order valence-corrected chi connectivity index (χ1v) is 3.75. The van der Waals surface area contributed by atoms with Crippen LogP contribution in [0.15, 0.2) is 6.33 Å². The summed E-state index contributed by atoms with van der Waals surface area (Å²) < 4.78 is 0. The first-order chi connectivity index (χ1) is 5.42. The molecule has 0 radical (unpaired) electrons. The highest BCUT2D eigenvalue weighted by Crippen LogP contribution is 2.18. The second-order valence-electron chi connectivity index (χ2n) is 2.78. The summed E-state index contributed by atoms with van der Waals surface area (Å²) >= 11 is 0. The van der Waals surface area contributed by atoms with E-state index in [1.807, 2.05) is 0 Å². The molecule has 1 aromatic heterocycles. The lowest BCUT2D eigenvalue weighted by atomic mass is 10.0. The van der Waals surface area contributed by atoms with E-state index in [0.29, 0.717) is 0 Å². The fraction of sp³-hybridized carbons (Fsp3) is 0.571. The Morgan fingerprint density at radius 2 is 2.64 bits per heavy atom. The van der Waals surface area contributed by atoms with Crippen molar-refractivity contribution in [3.8, 4) is 0 Å². The third-order valence-corrected chi connectivity index (χ3v) is 2.05. The molecule has 2 rings (SSSR count). The highest BCUT2D eigenvalue weighted by molar-refractivity contribution is 5.19. The molecular weight excluding hydrogens is 142 g/mol. The van der Waals surface area contributed by atoms with Crippen LogP contribution in [0.1, 0.15) is 17.3 Å². The van der Waals surface area contributed by atoms with Gasteiger partial charge in [0, 0.05) is 19.0 Å². The standard InChI is InChI=1S/C7H11N3O/c11-3-5-1-8-2-6-7(5)10-4-9-6/h4-5,8,11H,1-3H2,(H,9,10). The van der Waals surface area contributed by atoms with Crippen molar-refractivity contribution in [1.82, 2.24) is 15.3 Å². The molecule has 0 saturated carbocycles. The van der Waals surface area contributed by atoms with Gasteiger partial charge in [-0.1, -0.05) is 0 Å². The lowest BCUT2D eigenvalue weighted by molar-refractivity contribution is 0.254. The molecule has 2 heterocycles. The Labute approximate surface area is 64.7 Å². The van der Waals surface area contributed by atoms with Gasteiger partial charge in [-0.05, 0) is 0 Å². The largest absolute Gasteiger partial charge is 0.396 e. The SMILES string of the molecule is OCC1CNCc2[nH]cnc21. The van der Waals surface area contributed by atoms with E-state index in [1.54, 1.807) is 6.33 Å². The zero-order chi connectivity index (χ0) is 7.68. The summed E-state index contributed by atoms with van der Waals surface area (Å²) in [5.74, 6) is 0.171. The van der Waals surface area contributed by atoms with Crippen LogP contribution in [0, 0.1) is 0 Å². The summed E-state index contributed by atoms with van der Waals surface area (Å²) in [4.78, 5) is 7.19. The van der Waals surface area contributed by atoms with Crippen molar-refractivity contribution >= 4 is 0 Å². The average Bonchev–Trinajstić information content (AvgIpc) is 2.50. The van der Waals surface area contributed by atoms with Crippen LogP contribution in [0.3, 0.4) is 0 Å². The van der Waals surface area contributed by atoms with E-state index in [2.05, 4.69) is 15.3 Å². The van der Waals surface area contributed by atoms with E-state index in [0.717, 1.165) is 24.5 Å². The lowest BCUT2D eigenvalue weighted by Crippen LogP contribution is -2.30. The number of aromatic nitrogens is 2. The Hall–Kier alpha value is -0.870. The summed E-state index contributed by atoms with van der Waals surface area (Å²) in [6, 6.07) is 0. The number of aliphatic hydroxyl groups excluding tert-OH is 1. The number of hydrogen-bond donors (Lipinski definition) is 3. The molecule has 1 atom stereocenters. The molecule has 11 heavy (non-hydrogen) atoms. The summed E-state index contributed by atoms with van der Waals surface area (Å²) in [6.45, 7) is 1.84. The summed E-state index contributed by atoms with van der Waals surface area (Å²) in [5.41, 5.74) is 2.13. The van der Waals surface area contributed by atoms with Gasteiger partial charge >= 0.3 is 0 Å². The van der Waals surface area contributed by atoms with Crippen molar-refractivity contribution in [3.05, 3.63) is 17.7 Å². The van der Waals surface area contributed by atoms with Crippen LogP contribution in [-0.4, -0.2) is 28.2 Å². The van der Waals surface area contributed by atoms with Crippen molar-refractivity contribution in [2.75, 3.05) is 13.2 Å². The van der Waals surface area contributed by atoms with E-state index in [4.69, 9.17) is 5.11 Å². The minimum atomic E-state index is 0.171. The van der Waals surface area contributed by atoms with E-state index in [1.165, 1.54) is 0 Å². The molecule has 4 heteroatoms. The maximum Gasteiger partial charge on any atom is 0.0925 e. The fourth-order valence-electron chi connectivity index (χ4n) is 1.44. The third kappa shape index (κ3) is 1.04. The van der Waals surface area contributed by atoms with Gasteiger partial charge in [-0.25, -0.2) is 4.98 Å². The van der Waals surface area contributed by atoms with Gasteiger partial charge in [-0.3, -0.25) is 0 Å². The second kappa shape index (κ2) is 2.64.